The maximum absolute atomic E-state index is 4.82. The molecule has 2 N–H and O–H groups in total. The van der Waals surface area contributed by atoms with Crippen molar-refractivity contribution in [2.24, 2.45) is 0 Å². The van der Waals surface area contributed by atoms with E-state index in [0.717, 1.165) is 38.0 Å². The van der Waals surface area contributed by atoms with Gasteiger partial charge in [-0.05, 0) is 56.5 Å². The molecule has 0 radical (unpaired) electrons. The predicted molar refractivity (Wildman–Crippen MR) is 131 cm³/mol. The molecule has 0 amide bonds. The van der Waals surface area contributed by atoms with E-state index in [4.69, 9.17) is 4.98 Å². The highest BCUT2D eigenvalue weighted by Gasteiger charge is 2.20. The van der Waals surface area contributed by atoms with Crippen LogP contribution in [-0.4, -0.2) is 24.9 Å². The highest BCUT2D eigenvalue weighted by Crippen LogP contribution is 2.34. The second kappa shape index (κ2) is 8.10. The lowest BCUT2D eigenvalue weighted by atomic mass is 10.1. The van der Waals surface area contributed by atoms with Crippen LogP contribution in [0, 0.1) is 11.8 Å². The fraction of sp³-hybridized carbons (Fsp3) is 0.167. The minimum atomic E-state index is -0.0929. The van der Waals surface area contributed by atoms with E-state index in [1.807, 2.05) is 16.8 Å². The van der Waals surface area contributed by atoms with Gasteiger partial charge in [0.25, 0.3) is 0 Å². The van der Waals surface area contributed by atoms with Gasteiger partial charge in [0.2, 0.25) is 0 Å². The number of H-pyrrole nitrogens is 1. The van der Waals surface area contributed by atoms with E-state index in [0.29, 0.717) is 0 Å². The van der Waals surface area contributed by atoms with Gasteiger partial charge in [-0.2, -0.15) is 0 Å². The Hall–Kier alpha value is -3.27. The van der Waals surface area contributed by atoms with Gasteiger partial charge in [0.15, 0.2) is 5.65 Å². The largest absolute Gasteiger partial charge is 0.365 e. The predicted octanol–water partition coefficient (Wildman–Crippen LogP) is 5.97. The van der Waals surface area contributed by atoms with Crippen LogP contribution in [0.2, 0.25) is 0 Å². The van der Waals surface area contributed by atoms with E-state index < -0.39 is 0 Å². The summed E-state index contributed by atoms with van der Waals surface area (Å²) in [4.78, 5) is 14.4. The number of nitrogens with zero attached hydrogens (tertiary/aromatic N) is 3. The number of thiophene rings is 1. The Balaban J connectivity index is 0.00000231. The summed E-state index contributed by atoms with van der Waals surface area (Å²) >= 11 is 1.65. The molecule has 0 atom stereocenters. The molecule has 0 aliphatic rings. The number of nitrogens with one attached hydrogen (secondary N) is 2. The van der Waals surface area contributed by atoms with Gasteiger partial charge in [-0.15, -0.1) is 23.7 Å². The molecular formula is C24H22ClN5S. The van der Waals surface area contributed by atoms with Gasteiger partial charge in [-0.1, -0.05) is 17.9 Å². The van der Waals surface area contributed by atoms with Gasteiger partial charge < -0.3 is 10.3 Å². The standard InChI is InChI=1S/C24H21N5S.ClH/c1-24(2,3)28-23-22(27-21-15-25-12-13-29(21)23)20-9-8-18(30-20)7-5-16-4-6-17-10-11-26-19(17)14-16;/h4,6,8-15,26,28H,1-3H3;1H. The summed E-state index contributed by atoms with van der Waals surface area (Å²) in [6.45, 7) is 6.43. The molecule has 4 heterocycles. The third-order valence-electron chi connectivity index (χ3n) is 4.65. The van der Waals surface area contributed by atoms with Gasteiger partial charge in [-0.3, -0.25) is 9.38 Å². The minimum Gasteiger partial charge on any atom is -0.365 e. The van der Waals surface area contributed by atoms with Gasteiger partial charge in [0.1, 0.15) is 11.5 Å². The smallest absolute Gasteiger partial charge is 0.157 e. The highest BCUT2D eigenvalue weighted by atomic mass is 35.5. The molecule has 0 unspecified atom stereocenters. The maximum Gasteiger partial charge on any atom is 0.157 e. The van der Waals surface area contributed by atoms with Crippen LogP contribution in [0.15, 0.2) is 61.2 Å². The van der Waals surface area contributed by atoms with Crippen molar-refractivity contribution in [2.75, 3.05) is 5.32 Å². The quantitative estimate of drug-likeness (QED) is 0.328. The van der Waals surface area contributed by atoms with Gasteiger partial charge in [0, 0.05) is 35.2 Å². The molecule has 0 fully saturated rings. The van der Waals surface area contributed by atoms with E-state index in [9.17, 15) is 0 Å². The first-order chi connectivity index (χ1) is 14.5. The average Bonchev–Trinajstić information content (AvgIpc) is 3.43. The number of hydrogen-bond acceptors (Lipinski definition) is 4. The number of halogens is 1. The van der Waals surface area contributed by atoms with Crippen molar-refractivity contribution in [1.29, 1.82) is 0 Å². The molecule has 7 heteroatoms. The molecule has 0 saturated carbocycles. The molecule has 5 rings (SSSR count). The summed E-state index contributed by atoms with van der Waals surface area (Å²) in [7, 11) is 0. The average molecular weight is 448 g/mol. The van der Waals surface area contributed by atoms with Crippen LogP contribution >= 0.6 is 23.7 Å². The molecule has 4 aromatic heterocycles. The number of aromatic nitrogens is 4. The summed E-state index contributed by atoms with van der Waals surface area (Å²) in [6.07, 6.45) is 7.44. The first-order valence-electron chi connectivity index (χ1n) is 9.76. The van der Waals surface area contributed by atoms with Crippen molar-refractivity contribution in [2.45, 2.75) is 26.3 Å². The lowest BCUT2D eigenvalue weighted by Gasteiger charge is -2.22. The molecule has 5 aromatic rings. The fourth-order valence-electron chi connectivity index (χ4n) is 3.34. The normalized spacial score (nSPS) is 11.2. The van der Waals surface area contributed by atoms with E-state index in [1.54, 1.807) is 23.7 Å². The minimum absolute atomic E-state index is 0. The number of benzene rings is 1. The van der Waals surface area contributed by atoms with Crippen molar-refractivity contribution in [3.63, 3.8) is 0 Å². The van der Waals surface area contributed by atoms with Gasteiger partial charge >= 0.3 is 0 Å². The van der Waals surface area contributed by atoms with Crippen molar-refractivity contribution >= 4 is 46.1 Å². The zero-order valence-corrected chi connectivity index (χ0v) is 19.1. The first kappa shape index (κ1) is 21.0. The summed E-state index contributed by atoms with van der Waals surface area (Å²) in [5.41, 5.74) is 3.74. The molecule has 0 saturated heterocycles. The second-order valence-corrected chi connectivity index (χ2v) is 9.27. The van der Waals surface area contributed by atoms with E-state index >= 15 is 0 Å². The van der Waals surface area contributed by atoms with Crippen molar-refractivity contribution < 1.29 is 0 Å². The van der Waals surface area contributed by atoms with E-state index in [-0.39, 0.29) is 17.9 Å². The summed E-state index contributed by atoms with van der Waals surface area (Å²) in [6, 6.07) is 12.4. The van der Waals surface area contributed by atoms with Crippen LogP contribution < -0.4 is 5.32 Å². The molecule has 0 aliphatic carbocycles. The second-order valence-electron chi connectivity index (χ2n) is 8.18. The summed E-state index contributed by atoms with van der Waals surface area (Å²) < 4.78 is 2.05. The number of anilines is 1. The highest BCUT2D eigenvalue weighted by molar-refractivity contribution is 7.16. The molecule has 5 nitrogen and oxygen atoms in total. The zero-order chi connectivity index (χ0) is 20.7. The van der Waals surface area contributed by atoms with Crippen LogP contribution in [0.5, 0.6) is 0 Å². The number of imidazole rings is 1. The van der Waals surface area contributed by atoms with E-state index in [2.05, 4.69) is 84.3 Å². The molecular weight excluding hydrogens is 426 g/mol. The lowest BCUT2D eigenvalue weighted by Crippen LogP contribution is -2.27. The number of fused-ring (bicyclic) bond motifs is 2. The molecule has 1 aromatic carbocycles. The number of rotatable bonds is 2. The van der Waals surface area contributed by atoms with Crippen LogP contribution in [0.25, 0.3) is 27.1 Å². The Morgan fingerprint density at radius 3 is 2.81 bits per heavy atom. The third kappa shape index (κ3) is 4.29. The third-order valence-corrected chi connectivity index (χ3v) is 5.66. The molecule has 0 spiro atoms. The van der Waals surface area contributed by atoms with Gasteiger partial charge in [0.05, 0.1) is 16.0 Å². The Morgan fingerprint density at radius 2 is 1.97 bits per heavy atom. The Bertz CT molecular complexity index is 1430. The summed E-state index contributed by atoms with van der Waals surface area (Å²) in [5, 5.41) is 4.79. The molecule has 0 aliphatic heterocycles. The number of aromatic amines is 1. The van der Waals surface area contributed by atoms with Crippen LogP contribution in [0.4, 0.5) is 5.82 Å². The van der Waals surface area contributed by atoms with Crippen molar-refractivity contribution in [1.82, 2.24) is 19.4 Å². The van der Waals surface area contributed by atoms with Gasteiger partial charge in [-0.25, -0.2) is 4.98 Å². The SMILES string of the molecule is CC(C)(C)Nc1c(-c2ccc(C#Cc3ccc4cc[nH]c4c3)s2)nc2cnccn12.Cl. The first-order valence-corrected chi connectivity index (χ1v) is 10.6. The van der Waals surface area contributed by atoms with Crippen LogP contribution in [0.3, 0.4) is 0 Å². The lowest BCUT2D eigenvalue weighted by molar-refractivity contribution is 0.629. The summed E-state index contributed by atoms with van der Waals surface area (Å²) in [5.74, 6) is 7.54. The molecule has 156 valence electrons. The van der Waals surface area contributed by atoms with Crippen LogP contribution in [-0.2, 0) is 0 Å². The number of hydrogen-bond donors (Lipinski definition) is 2. The topological polar surface area (TPSA) is 58.0 Å². The van der Waals surface area contributed by atoms with Crippen molar-refractivity contribution in [3.8, 4) is 22.4 Å². The Labute approximate surface area is 191 Å². The molecule has 0 bridgehead atoms. The van der Waals surface area contributed by atoms with Crippen molar-refractivity contribution in [3.05, 3.63) is 71.6 Å². The monoisotopic (exact) mass is 447 g/mol. The Kier molecular flexibility index (Phi) is 5.48. The van der Waals surface area contributed by atoms with E-state index in [1.165, 1.54) is 5.39 Å². The maximum atomic E-state index is 4.82. The Morgan fingerprint density at radius 1 is 1.10 bits per heavy atom. The fourth-order valence-corrected chi connectivity index (χ4v) is 4.20. The zero-order valence-electron chi connectivity index (χ0n) is 17.4. The van der Waals surface area contributed by atoms with Crippen LogP contribution in [0.1, 0.15) is 31.2 Å². The molecule has 31 heavy (non-hydrogen) atoms.